The summed E-state index contributed by atoms with van der Waals surface area (Å²) in [5.41, 5.74) is 0.506. The van der Waals surface area contributed by atoms with Gasteiger partial charge in [-0.05, 0) is 37.6 Å². The molecule has 1 aliphatic heterocycles. The van der Waals surface area contributed by atoms with Crippen LogP contribution in [0.3, 0.4) is 0 Å². The number of benzene rings is 1. The molecular weight excluding hydrogens is 407 g/mol. The number of aromatic nitrogens is 1. The van der Waals surface area contributed by atoms with Crippen molar-refractivity contribution in [3.8, 4) is 0 Å². The van der Waals surface area contributed by atoms with Gasteiger partial charge in [0.2, 0.25) is 0 Å². The van der Waals surface area contributed by atoms with Crippen molar-refractivity contribution in [2.45, 2.75) is 38.8 Å². The topological polar surface area (TPSA) is 54.5 Å². The molecule has 2 heterocycles. The molecule has 156 valence electrons. The molecule has 1 fully saturated rings. The molecule has 0 aliphatic carbocycles. The van der Waals surface area contributed by atoms with Gasteiger partial charge in [0, 0.05) is 31.4 Å². The first-order valence-corrected chi connectivity index (χ1v) is 9.51. The molecular formula is C20H21ClF3N3O2. The van der Waals surface area contributed by atoms with E-state index < -0.39 is 11.7 Å². The van der Waals surface area contributed by atoms with E-state index in [0.717, 1.165) is 17.8 Å². The van der Waals surface area contributed by atoms with E-state index in [2.05, 4.69) is 10.3 Å². The lowest BCUT2D eigenvalue weighted by molar-refractivity contribution is -0.137. The summed E-state index contributed by atoms with van der Waals surface area (Å²) in [6.07, 6.45) is -3.77. The molecule has 1 aromatic carbocycles. The van der Waals surface area contributed by atoms with Gasteiger partial charge in [0.25, 0.3) is 5.91 Å². The Morgan fingerprint density at radius 3 is 2.41 bits per heavy atom. The minimum Gasteiger partial charge on any atom is -0.372 e. The van der Waals surface area contributed by atoms with Gasteiger partial charge < -0.3 is 15.0 Å². The van der Waals surface area contributed by atoms with E-state index >= 15 is 0 Å². The summed E-state index contributed by atoms with van der Waals surface area (Å²) in [4.78, 5) is 18.2. The molecule has 0 bridgehead atoms. The summed E-state index contributed by atoms with van der Waals surface area (Å²) in [5.74, 6) is 0.107. The number of amides is 1. The fourth-order valence-electron chi connectivity index (χ4n) is 3.20. The predicted molar refractivity (Wildman–Crippen MR) is 104 cm³/mol. The Morgan fingerprint density at radius 2 is 1.86 bits per heavy atom. The van der Waals surface area contributed by atoms with Crippen LogP contribution in [-0.2, 0) is 17.5 Å². The number of carbonyl (C=O) groups is 1. The lowest BCUT2D eigenvalue weighted by atomic mass is 10.1. The largest absolute Gasteiger partial charge is 0.417 e. The molecule has 2 aromatic rings. The van der Waals surface area contributed by atoms with Crippen LogP contribution in [0.4, 0.5) is 19.0 Å². The van der Waals surface area contributed by atoms with Crippen molar-refractivity contribution in [3.63, 3.8) is 0 Å². The van der Waals surface area contributed by atoms with Gasteiger partial charge in [-0.2, -0.15) is 13.2 Å². The van der Waals surface area contributed by atoms with Gasteiger partial charge in [0.05, 0.1) is 22.8 Å². The second-order valence-corrected chi connectivity index (χ2v) is 7.48. The fourth-order valence-corrected chi connectivity index (χ4v) is 3.43. The van der Waals surface area contributed by atoms with Crippen molar-refractivity contribution >= 4 is 23.3 Å². The summed E-state index contributed by atoms with van der Waals surface area (Å²) >= 11 is 5.89. The highest BCUT2D eigenvalue weighted by atomic mass is 35.5. The average Bonchev–Trinajstić information content (AvgIpc) is 2.65. The number of hydrogen-bond donors (Lipinski definition) is 1. The first-order chi connectivity index (χ1) is 13.6. The molecule has 0 spiro atoms. The van der Waals surface area contributed by atoms with E-state index in [-0.39, 0.29) is 29.0 Å². The molecule has 1 N–H and O–H groups in total. The lowest BCUT2D eigenvalue weighted by Crippen LogP contribution is -2.48. The maximum Gasteiger partial charge on any atom is 0.417 e. The van der Waals surface area contributed by atoms with Crippen LogP contribution in [-0.4, -0.2) is 41.1 Å². The molecule has 5 nitrogen and oxygen atoms in total. The fraction of sp³-hybridized carbons (Fsp3) is 0.400. The standard InChI is InChI=1S/C20H21ClF3N3O2/c1-12-10-27(11-13(2)29-12)19(28)15-5-3-14(4-6-15)8-25-18-17(21)7-16(9-26-18)20(22,23)24/h3-7,9,12-13H,8,10-11H2,1-2H3,(H,25,26)/t12-,13-/m0/s1. The zero-order chi connectivity index (χ0) is 21.2. The van der Waals surface area contributed by atoms with E-state index in [1.165, 1.54) is 0 Å². The van der Waals surface area contributed by atoms with Crippen LogP contribution in [0.15, 0.2) is 36.5 Å². The summed E-state index contributed by atoms with van der Waals surface area (Å²) < 4.78 is 43.7. The molecule has 0 radical (unpaired) electrons. The van der Waals surface area contributed by atoms with Crippen LogP contribution >= 0.6 is 11.6 Å². The second kappa shape index (κ2) is 8.59. The number of rotatable bonds is 4. The van der Waals surface area contributed by atoms with Crippen molar-refractivity contribution in [1.29, 1.82) is 0 Å². The molecule has 1 aromatic heterocycles. The number of nitrogens with zero attached hydrogens (tertiary/aromatic N) is 2. The number of halogens is 4. The van der Waals surface area contributed by atoms with E-state index in [4.69, 9.17) is 16.3 Å². The van der Waals surface area contributed by atoms with Crippen LogP contribution in [0.1, 0.15) is 35.3 Å². The average molecular weight is 428 g/mol. The van der Waals surface area contributed by atoms with E-state index in [9.17, 15) is 18.0 Å². The molecule has 0 unspecified atom stereocenters. The Hall–Kier alpha value is -2.32. The molecule has 3 rings (SSSR count). The maximum atomic E-state index is 12.7. The highest BCUT2D eigenvalue weighted by Gasteiger charge is 2.31. The number of morpholine rings is 1. The lowest BCUT2D eigenvalue weighted by Gasteiger charge is -2.35. The summed E-state index contributed by atoms with van der Waals surface area (Å²) in [7, 11) is 0. The van der Waals surface area contributed by atoms with Gasteiger partial charge in [-0.3, -0.25) is 4.79 Å². The van der Waals surface area contributed by atoms with Crippen molar-refractivity contribution in [2.75, 3.05) is 18.4 Å². The Balaban J connectivity index is 1.62. The van der Waals surface area contributed by atoms with Crippen molar-refractivity contribution < 1.29 is 22.7 Å². The maximum absolute atomic E-state index is 12.7. The molecule has 1 amide bonds. The van der Waals surface area contributed by atoms with Gasteiger partial charge in [0.1, 0.15) is 5.82 Å². The highest BCUT2D eigenvalue weighted by Crippen LogP contribution is 2.32. The number of pyridine rings is 1. The van der Waals surface area contributed by atoms with Gasteiger partial charge >= 0.3 is 6.18 Å². The first kappa shape index (κ1) is 21.4. The molecule has 9 heteroatoms. The summed E-state index contributed by atoms with van der Waals surface area (Å²) in [6, 6.07) is 7.86. The second-order valence-electron chi connectivity index (χ2n) is 7.07. The zero-order valence-electron chi connectivity index (χ0n) is 16.0. The monoisotopic (exact) mass is 427 g/mol. The Morgan fingerprint density at radius 1 is 1.24 bits per heavy atom. The quantitative estimate of drug-likeness (QED) is 0.773. The van der Waals surface area contributed by atoms with Crippen LogP contribution < -0.4 is 5.32 Å². The van der Waals surface area contributed by atoms with E-state index in [0.29, 0.717) is 25.2 Å². The SMILES string of the molecule is C[C@H]1CN(C(=O)c2ccc(CNc3ncc(C(F)(F)F)cc3Cl)cc2)C[C@H](C)O1. The minimum atomic E-state index is -4.49. The molecule has 0 saturated carbocycles. The van der Waals surface area contributed by atoms with Crippen molar-refractivity contribution in [1.82, 2.24) is 9.88 Å². The van der Waals surface area contributed by atoms with Crippen LogP contribution in [0, 0.1) is 0 Å². The van der Waals surface area contributed by atoms with Crippen molar-refractivity contribution in [2.24, 2.45) is 0 Å². The normalized spacial score (nSPS) is 19.9. The minimum absolute atomic E-state index is 0.00726. The molecule has 29 heavy (non-hydrogen) atoms. The zero-order valence-corrected chi connectivity index (χ0v) is 16.7. The smallest absolute Gasteiger partial charge is 0.372 e. The van der Waals surface area contributed by atoms with Gasteiger partial charge in [-0.25, -0.2) is 4.98 Å². The van der Waals surface area contributed by atoms with Crippen LogP contribution in [0.25, 0.3) is 0 Å². The third kappa shape index (κ3) is 5.39. The third-order valence-electron chi connectivity index (χ3n) is 4.54. The number of hydrogen-bond acceptors (Lipinski definition) is 4. The summed E-state index contributed by atoms with van der Waals surface area (Å²) in [5, 5.41) is 2.80. The predicted octanol–water partition coefficient (Wildman–Crippen LogP) is 4.62. The first-order valence-electron chi connectivity index (χ1n) is 9.14. The van der Waals surface area contributed by atoms with Crippen molar-refractivity contribution in [3.05, 3.63) is 58.2 Å². The van der Waals surface area contributed by atoms with Gasteiger partial charge in [-0.1, -0.05) is 23.7 Å². The molecule has 1 aliphatic rings. The van der Waals surface area contributed by atoms with Crippen LogP contribution in [0.5, 0.6) is 0 Å². The third-order valence-corrected chi connectivity index (χ3v) is 4.82. The number of anilines is 1. The van der Waals surface area contributed by atoms with Gasteiger partial charge in [0.15, 0.2) is 0 Å². The molecule has 1 saturated heterocycles. The Kier molecular flexibility index (Phi) is 6.33. The number of alkyl halides is 3. The van der Waals surface area contributed by atoms with E-state index in [1.54, 1.807) is 29.2 Å². The van der Waals surface area contributed by atoms with E-state index in [1.807, 2.05) is 13.8 Å². The van der Waals surface area contributed by atoms with Crippen LogP contribution in [0.2, 0.25) is 5.02 Å². The summed E-state index contributed by atoms with van der Waals surface area (Å²) in [6.45, 7) is 5.27. The number of nitrogens with one attached hydrogen (secondary N) is 1. The number of ether oxygens (including phenoxy) is 1. The molecule has 2 atom stereocenters. The highest BCUT2D eigenvalue weighted by molar-refractivity contribution is 6.32. The number of carbonyl (C=O) groups excluding carboxylic acids is 1. The Labute approximate surface area is 171 Å². The van der Waals surface area contributed by atoms with Gasteiger partial charge in [-0.15, -0.1) is 0 Å². The Bertz CT molecular complexity index is 864.